The molecule has 0 aromatic heterocycles. The maximum absolute atomic E-state index is 12.4. The maximum atomic E-state index is 12.4. The number of halogens is 2. The third-order valence-electron chi connectivity index (χ3n) is 3.79. The second-order valence-corrected chi connectivity index (χ2v) is 8.39. The molecule has 0 unspecified atom stereocenters. The van der Waals surface area contributed by atoms with Gasteiger partial charge in [0.1, 0.15) is 0 Å². The molecule has 29 heavy (non-hydrogen) atoms. The number of hydrogen-bond donors (Lipinski definition) is 1. The molecule has 0 spiro atoms. The average Bonchev–Trinajstić information content (AvgIpc) is 3.02. The average molecular weight is 496 g/mol. The van der Waals surface area contributed by atoms with Crippen LogP contribution in [-0.4, -0.2) is 24.3 Å². The first-order valence-electron chi connectivity index (χ1n) is 9.14. The van der Waals surface area contributed by atoms with Crippen LogP contribution < -0.4 is 14.8 Å². The van der Waals surface area contributed by atoms with E-state index in [1.807, 2.05) is 26.0 Å². The molecule has 1 N–H and O–H groups in total. The van der Waals surface area contributed by atoms with Gasteiger partial charge in [-0.1, -0.05) is 18.5 Å². The predicted octanol–water partition coefficient (Wildman–Crippen LogP) is 6.18. The summed E-state index contributed by atoms with van der Waals surface area (Å²) >= 11 is 10.7. The number of benzene rings is 2. The molecule has 1 aliphatic heterocycles. The molecule has 8 heteroatoms. The third kappa shape index (κ3) is 5.78. The topological polar surface area (TPSA) is 59.9 Å². The lowest BCUT2D eigenvalue weighted by atomic mass is 10.2. The van der Waals surface area contributed by atoms with Gasteiger partial charge < -0.3 is 14.8 Å². The number of nitrogens with zero attached hydrogens (tertiary/aromatic N) is 1. The van der Waals surface area contributed by atoms with Crippen LogP contribution in [0, 0.1) is 0 Å². The zero-order valence-corrected chi connectivity index (χ0v) is 19.2. The minimum Gasteiger partial charge on any atom is -0.490 e. The van der Waals surface area contributed by atoms with E-state index in [1.54, 1.807) is 30.3 Å². The van der Waals surface area contributed by atoms with Crippen molar-refractivity contribution in [3.63, 3.8) is 0 Å². The van der Waals surface area contributed by atoms with E-state index in [2.05, 4.69) is 26.2 Å². The van der Waals surface area contributed by atoms with Crippen LogP contribution in [0.15, 0.2) is 50.8 Å². The fourth-order valence-electron chi connectivity index (χ4n) is 2.54. The van der Waals surface area contributed by atoms with E-state index in [1.165, 1.54) is 11.8 Å². The molecule has 0 aliphatic carbocycles. The van der Waals surface area contributed by atoms with Gasteiger partial charge in [-0.05, 0) is 89.1 Å². The molecule has 0 saturated carbocycles. The minimum absolute atomic E-state index is 0.192. The van der Waals surface area contributed by atoms with Crippen LogP contribution in [-0.2, 0) is 4.79 Å². The quantitative estimate of drug-likeness (QED) is 0.466. The lowest BCUT2D eigenvalue weighted by Crippen LogP contribution is -2.19. The molecule has 0 bridgehead atoms. The molecule has 1 heterocycles. The van der Waals surface area contributed by atoms with Gasteiger partial charge in [0.2, 0.25) is 0 Å². The second kappa shape index (κ2) is 10.2. The number of ether oxygens (including phenoxy) is 2. The fourth-order valence-corrected chi connectivity index (χ4v) is 4.09. The summed E-state index contributed by atoms with van der Waals surface area (Å²) in [5.74, 6) is 1.12. The number of rotatable bonds is 7. The third-order valence-corrected chi connectivity index (χ3v) is 5.54. The van der Waals surface area contributed by atoms with E-state index < -0.39 is 0 Å². The number of thioether (sulfide) groups is 1. The number of aliphatic imine (C=N–C) groups is 1. The van der Waals surface area contributed by atoms with Crippen molar-refractivity contribution in [2.75, 3.05) is 13.2 Å². The van der Waals surface area contributed by atoms with Crippen molar-refractivity contribution >= 4 is 62.1 Å². The first-order chi connectivity index (χ1) is 14.0. The van der Waals surface area contributed by atoms with Gasteiger partial charge in [0.15, 0.2) is 16.7 Å². The Morgan fingerprint density at radius 2 is 1.97 bits per heavy atom. The largest absolute Gasteiger partial charge is 0.490 e. The van der Waals surface area contributed by atoms with Gasteiger partial charge in [0, 0.05) is 5.02 Å². The Kier molecular flexibility index (Phi) is 7.64. The maximum Gasteiger partial charge on any atom is 0.264 e. The molecule has 1 aliphatic rings. The van der Waals surface area contributed by atoms with E-state index in [4.69, 9.17) is 21.1 Å². The summed E-state index contributed by atoms with van der Waals surface area (Å²) in [6.45, 7) is 5.08. The van der Waals surface area contributed by atoms with Crippen molar-refractivity contribution in [2.24, 2.45) is 4.99 Å². The number of carbonyl (C=O) groups is 1. The smallest absolute Gasteiger partial charge is 0.264 e. The van der Waals surface area contributed by atoms with Crippen LogP contribution >= 0.6 is 39.3 Å². The minimum atomic E-state index is -0.192. The number of nitrogens with one attached hydrogen (secondary N) is 1. The van der Waals surface area contributed by atoms with Gasteiger partial charge in [0.25, 0.3) is 5.91 Å². The SMILES string of the molecule is CCCOc1c(Br)cc(/C=C2\SC(=Nc3ccc(Cl)cc3)NC2=O)cc1OCC. The molecule has 152 valence electrons. The summed E-state index contributed by atoms with van der Waals surface area (Å²) < 4.78 is 12.3. The molecule has 2 aromatic carbocycles. The number of carbonyl (C=O) groups excluding carboxylic acids is 1. The van der Waals surface area contributed by atoms with Gasteiger partial charge in [-0.25, -0.2) is 4.99 Å². The Labute approximate surface area is 187 Å². The number of amidine groups is 1. The van der Waals surface area contributed by atoms with Crippen molar-refractivity contribution in [3.05, 3.63) is 56.4 Å². The van der Waals surface area contributed by atoms with E-state index >= 15 is 0 Å². The van der Waals surface area contributed by atoms with Crippen LogP contribution in [0.3, 0.4) is 0 Å². The molecule has 2 aromatic rings. The number of hydrogen-bond acceptors (Lipinski definition) is 5. The summed E-state index contributed by atoms with van der Waals surface area (Å²) in [4.78, 5) is 17.4. The monoisotopic (exact) mass is 494 g/mol. The first-order valence-corrected chi connectivity index (χ1v) is 11.1. The highest BCUT2D eigenvalue weighted by atomic mass is 79.9. The molecule has 1 fully saturated rings. The molecule has 5 nitrogen and oxygen atoms in total. The van der Waals surface area contributed by atoms with Crippen LogP contribution in [0.25, 0.3) is 6.08 Å². The van der Waals surface area contributed by atoms with Crippen molar-refractivity contribution in [1.29, 1.82) is 0 Å². The van der Waals surface area contributed by atoms with E-state index in [9.17, 15) is 4.79 Å². The predicted molar refractivity (Wildman–Crippen MR) is 123 cm³/mol. The Morgan fingerprint density at radius 1 is 1.21 bits per heavy atom. The summed E-state index contributed by atoms with van der Waals surface area (Å²) in [5.41, 5.74) is 1.55. The number of amides is 1. The Balaban J connectivity index is 1.85. The Hall–Kier alpha value is -1.96. The van der Waals surface area contributed by atoms with Crippen LogP contribution in [0.2, 0.25) is 5.02 Å². The molecule has 3 rings (SSSR count). The van der Waals surface area contributed by atoms with Crippen LogP contribution in [0.4, 0.5) is 5.69 Å². The highest BCUT2D eigenvalue weighted by Gasteiger charge is 2.24. The summed E-state index contributed by atoms with van der Waals surface area (Å²) in [5, 5.41) is 3.95. The lowest BCUT2D eigenvalue weighted by molar-refractivity contribution is -0.115. The molecular weight excluding hydrogens is 476 g/mol. The second-order valence-electron chi connectivity index (χ2n) is 6.07. The summed E-state index contributed by atoms with van der Waals surface area (Å²) in [6.07, 6.45) is 2.71. The highest BCUT2D eigenvalue weighted by molar-refractivity contribution is 9.10. The standard InChI is InChI=1S/C21H20BrClN2O3S/c1-3-9-28-19-16(22)10-13(11-17(19)27-4-2)12-18-20(26)25-21(29-18)24-15-7-5-14(23)6-8-15/h5-8,10-12H,3-4,9H2,1-2H3,(H,24,25,26)/b18-12-. The lowest BCUT2D eigenvalue weighted by Gasteiger charge is -2.14. The van der Waals surface area contributed by atoms with Crippen molar-refractivity contribution < 1.29 is 14.3 Å². The van der Waals surface area contributed by atoms with Gasteiger partial charge in [-0.15, -0.1) is 0 Å². The Bertz CT molecular complexity index is 961. The van der Waals surface area contributed by atoms with Gasteiger partial charge in [0.05, 0.1) is 28.3 Å². The fraction of sp³-hybridized carbons (Fsp3) is 0.238. The van der Waals surface area contributed by atoms with Crippen molar-refractivity contribution in [3.8, 4) is 11.5 Å². The molecule has 0 radical (unpaired) electrons. The van der Waals surface area contributed by atoms with Gasteiger partial charge >= 0.3 is 0 Å². The molecule has 1 saturated heterocycles. The summed E-state index contributed by atoms with van der Waals surface area (Å²) in [7, 11) is 0. The molecular formula is C21H20BrClN2O3S. The van der Waals surface area contributed by atoms with Crippen LogP contribution in [0.1, 0.15) is 25.8 Å². The molecule has 0 atom stereocenters. The van der Waals surface area contributed by atoms with Crippen LogP contribution in [0.5, 0.6) is 11.5 Å². The van der Waals surface area contributed by atoms with E-state index in [0.717, 1.165) is 22.1 Å². The normalized spacial score (nSPS) is 16.3. The Morgan fingerprint density at radius 3 is 2.66 bits per heavy atom. The van der Waals surface area contributed by atoms with Gasteiger partial charge in [-0.2, -0.15) is 0 Å². The summed E-state index contributed by atoms with van der Waals surface area (Å²) in [6, 6.07) is 10.9. The molecule has 1 amide bonds. The zero-order valence-electron chi connectivity index (χ0n) is 16.0. The van der Waals surface area contributed by atoms with Gasteiger partial charge in [-0.3, -0.25) is 4.79 Å². The van der Waals surface area contributed by atoms with Crippen molar-refractivity contribution in [1.82, 2.24) is 5.32 Å². The van der Waals surface area contributed by atoms with Crippen molar-refractivity contribution in [2.45, 2.75) is 20.3 Å². The first kappa shape index (κ1) is 21.7. The zero-order chi connectivity index (χ0) is 20.8. The highest BCUT2D eigenvalue weighted by Crippen LogP contribution is 2.38. The van der Waals surface area contributed by atoms with E-state index in [-0.39, 0.29) is 5.91 Å². The van der Waals surface area contributed by atoms with E-state index in [0.29, 0.717) is 39.8 Å².